The number of hydrogen-bond acceptors (Lipinski definition) is 5. The van der Waals surface area contributed by atoms with Gasteiger partial charge in [-0.05, 0) is 12.8 Å². The van der Waals surface area contributed by atoms with Crippen molar-refractivity contribution in [3.63, 3.8) is 0 Å². The van der Waals surface area contributed by atoms with E-state index in [1.807, 2.05) is 24.1 Å². The standard InChI is InChI=1S/C15H25N5O2.C2HF3O2/c1-18(2)15(21)17-12-10-20(9-11-7-16-19(3)8-11)13-5-4-6-22-14(12)13;3-2(4,5)1(6)7/h7-8,12-14H,4-6,9-10H2,1-3H3,(H,17,21);(H,6,7)/t12-,13-,14-;/m1./s1. The minimum Gasteiger partial charge on any atom is -0.475 e. The highest BCUT2D eigenvalue weighted by Gasteiger charge is 2.44. The second kappa shape index (κ2) is 9.44. The number of amides is 2. The van der Waals surface area contributed by atoms with E-state index < -0.39 is 12.1 Å². The molecule has 0 saturated carbocycles. The van der Waals surface area contributed by atoms with Crippen LogP contribution in [0.2, 0.25) is 0 Å². The first kappa shape index (κ1) is 22.9. The van der Waals surface area contributed by atoms with Crippen LogP contribution < -0.4 is 5.32 Å². The van der Waals surface area contributed by atoms with Gasteiger partial charge in [0, 0.05) is 58.6 Å². The van der Waals surface area contributed by atoms with Gasteiger partial charge >= 0.3 is 18.2 Å². The molecule has 1 aromatic heterocycles. The number of nitrogens with zero attached hydrogens (tertiary/aromatic N) is 4. The molecule has 0 bridgehead atoms. The van der Waals surface area contributed by atoms with Gasteiger partial charge in [-0.3, -0.25) is 9.58 Å². The summed E-state index contributed by atoms with van der Waals surface area (Å²) in [7, 11) is 5.45. The molecule has 0 aromatic carbocycles. The molecule has 2 saturated heterocycles. The Balaban J connectivity index is 0.000000370. The van der Waals surface area contributed by atoms with Gasteiger partial charge in [-0.1, -0.05) is 0 Å². The van der Waals surface area contributed by atoms with Crippen LogP contribution in [0.1, 0.15) is 18.4 Å². The Kier molecular flexibility index (Phi) is 7.47. The third-order valence-corrected chi connectivity index (χ3v) is 4.73. The number of carboxylic acids is 1. The van der Waals surface area contributed by atoms with Crippen molar-refractivity contribution in [1.82, 2.24) is 24.9 Å². The molecule has 2 N–H and O–H groups in total. The first-order valence-electron chi connectivity index (χ1n) is 9.10. The summed E-state index contributed by atoms with van der Waals surface area (Å²) in [5, 5.41) is 14.5. The van der Waals surface area contributed by atoms with E-state index in [0.717, 1.165) is 32.5 Å². The molecule has 2 fully saturated rings. The van der Waals surface area contributed by atoms with Crippen LogP contribution in [0, 0.1) is 0 Å². The molecule has 2 aliphatic rings. The number of rotatable bonds is 3. The number of aryl methyl sites for hydroxylation is 1. The molecule has 2 aliphatic heterocycles. The number of halogens is 3. The number of aromatic nitrogens is 2. The van der Waals surface area contributed by atoms with Crippen molar-refractivity contribution in [3.05, 3.63) is 18.0 Å². The van der Waals surface area contributed by atoms with Crippen LogP contribution in [0.15, 0.2) is 12.4 Å². The number of carboxylic acid groups (broad SMARTS) is 1. The molecule has 164 valence electrons. The first-order chi connectivity index (χ1) is 13.5. The summed E-state index contributed by atoms with van der Waals surface area (Å²) >= 11 is 0. The predicted octanol–water partition coefficient (Wildman–Crippen LogP) is 1.06. The molecule has 1 aromatic rings. The van der Waals surface area contributed by atoms with Gasteiger partial charge < -0.3 is 20.1 Å². The third kappa shape index (κ3) is 6.32. The Morgan fingerprint density at radius 1 is 1.41 bits per heavy atom. The van der Waals surface area contributed by atoms with Crippen molar-refractivity contribution in [3.8, 4) is 0 Å². The molecule has 12 heteroatoms. The highest BCUT2D eigenvalue weighted by Crippen LogP contribution is 2.30. The van der Waals surface area contributed by atoms with Gasteiger partial charge in [-0.15, -0.1) is 0 Å². The number of carbonyl (C=O) groups is 2. The fraction of sp³-hybridized carbons (Fsp3) is 0.706. The van der Waals surface area contributed by atoms with Gasteiger partial charge in [0.25, 0.3) is 0 Å². The molecule has 0 spiro atoms. The fourth-order valence-corrected chi connectivity index (χ4v) is 3.44. The molecule has 2 amide bonds. The van der Waals surface area contributed by atoms with Crippen LogP contribution in [-0.4, -0.2) is 88.3 Å². The average Bonchev–Trinajstić information content (AvgIpc) is 3.19. The maximum absolute atomic E-state index is 12.0. The number of likely N-dealkylation sites (tertiary alicyclic amines) is 1. The van der Waals surface area contributed by atoms with E-state index >= 15 is 0 Å². The lowest BCUT2D eigenvalue weighted by atomic mass is 10.0. The Bertz CT molecular complexity index is 709. The van der Waals surface area contributed by atoms with Gasteiger partial charge in [0.2, 0.25) is 0 Å². The highest BCUT2D eigenvalue weighted by molar-refractivity contribution is 5.74. The van der Waals surface area contributed by atoms with Crippen molar-refractivity contribution in [1.29, 1.82) is 0 Å². The highest BCUT2D eigenvalue weighted by atomic mass is 19.4. The van der Waals surface area contributed by atoms with Crippen LogP contribution >= 0.6 is 0 Å². The number of nitrogens with one attached hydrogen (secondary N) is 1. The number of ether oxygens (including phenoxy) is 1. The summed E-state index contributed by atoms with van der Waals surface area (Å²) in [4.78, 5) is 24.9. The van der Waals surface area contributed by atoms with Gasteiger partial charge in [0.05, 0.1) is 18.3 Å². The van der Waals surface area contributed by atoms with Gasteiger partial charge in [0.1, 0.15) is 0 Å². The fourth-order valence-electron chi connectivity index (χ4n) is 3.44. The van der Waals surface area contributed by atoms with E-state index in [0.29, 0.717) is 6.04 Å². The molecule has 3 atom stereocenters. The maximum Gasteiger partial charge on any atom is 0.490 e. The van der Waals surface area contributed by atoms with Crippen molar-refractivity contribution >= 4 is 12.0 Å². The van der Waals surface area contributed by atoms with Crippen LogP contribution in [0.4, 0.5) is 18.0 Å². The molecular weight excluding hydrogens is 395 g/mol. The van der Waals surface area contributed by atoms with Crippen LogP contribution in [0.3, 0.4) is 0 Å². The van der Waals surface area contributed by atoms with Gasteiger partial charge in [0.15, 0.2) is 0 Å². The van der Waals surface area contributed by atoms with E-state index in [9.17, 15) is 18.0 Å². The topological polar surface area (TPSA) is 99.9 Å². The summed E-state index contributed by atoms with van der Waals surface area (Å²) in [5.74, 6) is -2.76. The number of alkyl halides is 3. The zero-order valence-electron chi connectivity index (χ0n) is 16.5. The third-order valence-electron chi connectivity index (χ3n) is 4.73. The van der Waals surface area contributed by atoms with Crippen molar-refractivity contribution in [2.75, 3.05) is 27.2 Å². The van der Waals surface area contributed by atoms with Crippen LogP contribution in [-0.2, 0) is 23.1 Å². The molecule has 0 aliphatic carbocycles. The molecule has 29 heavy (non-hydrogen) atoms. The molecule has 9 nitrogen and oxygen atoms in total. The summed E-state index contributed by atoms with van der Waals surface area (Å²) in [6, 6.07) is 0.374. The monoisotopic (exact) mass is 421 g/mol. The second-order valence-electron chi connectivity index (χ2n) is 7.25. The van der Waals surface area contributed by atoms with E-state index in [2.05, 4.69) is 15.3 Å². The average molecular weight is 421 g/mol. The second-order valence-corrected chi connectivity index (χ2v) is 7.25. The lowest BCUT2D eigenvalue weighted by Crippen LogP contribution is -2.50. The molecule has 0 radical (unpaired) electrons. The zero-order valence-corrected chi connectivity index (χ0v) is 16.5. The van der Waals surface area contributed by atoms with E-state index in [-0.39, 0.29) is 18.2 Å². The molecular formula is C17H26F3N5O4. The number of fused-ring (bicyclic) bond motifs is 1. The summed E-state index contributed by atoms with van der Waals surface area (Å²) < 4.78 is 39.5. The van der Waals surface area contributed by atoms with Crippen molar-refractivity contribution < 1.29 is 32.6 Å². The smallest absolute Gasteiger partial charge is 0.475 e. The Morgan fingerprint density at radius 2 is 2.07 bits per heavy atom. The lowest BCUT2D eigenvalue weighted by molar-refractivity contribution is -0.192. The van der Waals surface area contributed by atoms with Gasteiger partial charge in [-0.25, -0.2) is 9.59 Å². The van der Waals surface area contributed by atoms with Gasteiger partial charge in [-0.2, -0.15) is 18.3 Å². The molecule has 3 heterocycles. The van der Waals surface area contributed by atoms with E-state index in [4.69, 9.17) is 14.6 Å². The molecule has 3 rings (SSSR count). The van der Waals surface area contributed by atoms with Crippen molar-refractivity contribution in [2.24, 2.45) is 7.05 Å². The maximum atomic E-state index is 12.0. The number of aliphatic carboxylic acids is 1. The molecule has 0 unspecified atom stereocenters. The largest absolute Gasteiger partial charge is 0.490 e. The summed E-state index contributed by atoms with van der Waals surface area (Å²) in [6.45, 7) is 2.47. The Morgan fingerprint density at radius 3 is 2.59 bits per heavy atom. The first-order valence-corrected chi connectivity index (χ1v) is 9.10. The SMILES string of the molecule is CN(C)C(=O)N[C@@H]1CN(Cc2cnn(C)c2)[C@@H]2CCCO[C@@H]21.O=C(O)C(F)(F)F. The minimum absolute atomic E-state index is 0.0527. The van der Waals surface area contributed by atoms with Crippen molar-refractivity contribution in [2.45, 2.75) is 43.8 Å². The number of urea groups is 1. The van der Waals surface area contributed by atoms with E-state index in [1.54, 1.807) is 19.0 Å². The Hall–Kier alpha value is -2.34. The minimum atomic E-state index is -5.08. The predicted molar refractivity (Wildman–Crippen MR) is 96.1 cm³/mol. The summed E-state index contributed by atoms with van der Waals surface area (Å²) in [5.41, 5.74) is 1.20. The Labute approximate surface area is 166 Å². The zero-order chi connectivity index (χ0) is 21.8. The lowest BCUT2D eigenvalue weighted by Gasteiger charge is -2.32. The quantitative estimate of drug-likeness (QED) is 0.757. The van der Waals surface area contributed by atoms with E-state index in [1.165, 1.54) is 5.56 Å². The van der Waals surface area contributed by atoms with Crippen LogP contribution in [0.5, 0.6) is 0 Å². The normalized spacial score (nSPS) is 24.3. The number of hydrogen-bond donors (Lipinski definition) is 2. The summed E-state index contributed by atoms with van der Waals surface area (Å²) in [6.07, 6.45) is 1.17. The number of carbonyl (C=O) groups excluding carboxylic acids is 1. The van der Waals surface area contributed by atoms with Crippen LogP contribution in [0.25, 0.3) is 0 Å².